The zero-order valence-corrected chi connectivity index (χ0v) is 14.0. The molecule has 2 aromatic rings. The number of hydrogen-bond donors (Lipinski definition) is 3. The lowest BCUT2D eigenvalue weighted by atomic mass is 10.1. The molecule has 9 heteroatoms. The van der Waals surface area contributed by atoms with Crippen molar-refractivity contribution in [2.45, 2.75) is 12.8 Å². The fourth-order valence-electron chi connectivity index (χ4n) is 1.98. The highest BCUT2D eigenvalue weighted by atomic mass is 31.1. The van der Waals surface area contributed by atoms with Crippen LogP contribution >= 0.6 is 8.25 Å². The predicted molar refractivity (Wildman–Crippen MR) is 89.8 cm³/mol. The van der Waals surface area contributed by atoms with Crippen molar-refractivity contribution >= 4 is 20.3 Å². The summed E-state index contributed by atoms with van der Waals surface area (Å²) in [5.41, 5.74) is 6.55. The van der Waals surface area contributed by atoms with Gasteiger partial charge in [-0.3, -0.25) is 19.2 Å². The van der Waals surface area contributed by atoms with Gasteiger partial charge in [0.25, 0.3) is 0 Å². The Morgan fingerprint density at radius 2 is 1.76 bits per heavy atom. The van der Waals surface area contributed by atoms with Crippen molar-refractivity contribution in [3.63, 3.8) is 0 Å². The maximum Gasteiger partial charge on any atom is 0.409 e. The number of nitrogens with two attached hydrogens (primary N) is 1. The average molecular weight is 364 g/mol. The Labute approximate surface area is 144 Å². The summed E-state index contributed by atoms with van der Waals surface area (Å²) < 4.78 is 20.9. The molecule has 0 fully saturated rings. The minimum atomic E-state index is -3.33. The minimum absolute atomic E-state index is 0.0360. The summed E-state index contributed by atoms with van der Waals surface area (Å²) in [6, 6.07) is 14.8. The van der Waals surface area contributed by atoms with Crippen molar-refractivity contribution in [2.75, 3.05) is 0 Å². The monoisotopic (exact) mass is 364 g/mol. The van der Waals surface area contributed by atoms with Gasteiger partial charge in [0.15, 0.2) is 6.23 Å². The number of carbonyl (C=O) groups excluding carboxylic acids is 2. The number of hydrogen-bond acceptors (Lipinski definition) is 5. The SMILES string of the molecule is NC(=O)c1ccc(C(NC(=O)OCc2ccccc2)O[PH](=O)O)cc1. The predicted octanol–water partition coefficient (Wildman–Crippen LogP) is 2.11. The first-order valence-corrected chi connectivity index (χ1v) is 8.48. The molecule has 2 unspecified atom stereocenters. The van der Waals surface area contributed by atoms with Crippen molar-refractivity contribution in [3.05, 3.63) is 71.3 Å². The van der Waals surface area contributed by atoms with Crippen LogP contribution in [0.2, 0.25) is 0 Å². The number of primary amides is 1. The van der Waals surface area contributed by atoms with E-state index in [4.69, 9.17) is 19.9 Å². The van der Waals surface area contributed by atoms with Gasteiger partial charge in [-0.1, -0.05) is 42.5 Å². The summed E-state index contributed by atoms with van der Waals surface area (Å²) >= 11 is 0. The minimum Gasteiger partial charge on any atom is -0.445 e. The molecule has 25 heavy (non-hydrogen) atoms. The summed E-state index contributed by atoms with van der Waals surface area (Å²) in [7, 11) is -3.33. The Balaban J connectivity index is 2.02. The highest BCUT2D eigenvalue weighted by Gasteiger charge is 2.18. The standard InChI is InChI=1S/C16H17N2O6P/c17-14(19)12-6-8-13(9-7-12)15(24-25(21)22)18-16(20)23-10-11-4-2-1-3-5-11/h1-9,15,25H,10H2,(H2,17,19)(H,18,20)(H,21,22). The van der Waals surface area contributed by atoms with Crippen molar-refractivity contribution in [1.82, 2.24) is 5.32 Å². The quantitative estimate of drug-likeness (QED) is 0.510. The molecule has 2 rings (SSSR count). The van der Waals surface area contributed by atoms with E-state index in [0.29, 0.717) is 5.56 Å². The maximum atomic E-state index is 11.9. The smallest absolute Gasteiger partial charge is 0.409 e. The Hall–Kier alpha value is -2.67. The van der Waals surface area contributed by atoms with Crippen LogP contribution in [0.4, 0.5) is 4.79 Å². The Morgan fingerprint density at radius 1 is 1.12 bits per heavy atom. The molecule has 2 amide bonds. The first-order valence-electron chi connectivity index (χ1n) is 7.22. The number of alkyl carbamates (subject to hydrolysis) is 1. The zero-order chi connectivity index (χ0) is 18.2. The van der Waals surface area contributed by atoms with E-state index in [9.17, 15) is 14.2 Å². The Morgan fingerprint density at radius 3 is 2.32 bits per heavy atom. The number of carbonyl (C=O) groups is 2. The van der Waals surface area contributed by atoms with E-state index in [1.165, 1.54) is 24.3 Å². The lowest BCUT2D eigenvalue weighted by Gasteiger charge is -2.18. The highest BCUT2D eigenvalue weighted by molar-refractivity contribution is 7.32. The molecule has 0 bridgehead atoms. The van der Waals surface area contributed by atoms with Crippen LogP contribution in [0.15, 0.2) is 54.6 Å². The van der Waals surface area contributed by atoms with E-state index >= 15 is 0 Å². The van der Waals surface area contributed by atoms with Crippen LogP contribution in [0, 0.1) is 0 Å². The molecule has 2 atom stereocenters. The summed E-state index contributed by atoms with van der Waals surface area (Å²) in [6.07, 6.45) is -2.03. The summed E-state index contributed by atoms with van der Waals surface area (Å²) in [6.45, 7) is 0.0360. The van der Waals surface area contributed by atoms with Gasteiger partial charge in [-0.05, 0) is 17.7 Å². The second-order valence-corrected chi connectivity index (χ2v) is 5.72. The van der Waals surface area contributed by atoms with Crippen molar-refractivity contribution in [1.29, 1.82) is 0 Å². The molecule has 132 valence electrons. The highest BCUT2D eigenvalue weighted by Crippen LogP contribution is 2.27. The van der Waals surface area contributed by atoms with E-state index < -0.39 is 26.5 Å². The Kier molecular flexibility index (Phi) is 6.71. The van der Waals surface area contributed by atoms with Crippen molar-refractivity contribution < 1.29 is 28.3 Å². The number of ether oxygens (including phenoxy) is 1. The molecular weight excluding hydrogens is 347 g/mol. The molecule has 0 radical (unpaired) electrons. The molecule has 8 nitrogen and oxygen atoms in total. The van der Waals surface area contributed by atoms with Crippen LogP contribution < -0.4 is 11.1 Å². The molecule has 4 N–H and O–H groups in total. The van der Waals surface area contributed by atoms with Gasteiger partial charge in [-0.25, -0.2) is 4.79 Å². The summed E-state index contributed by atoms with van der Waals surface area (Å²) in [5, 5.41) is 2.35. The number of nitrogens with one attached hydrogen (secondary N) is 1. The van der Waals surface area contributed by atoms with Gasteiger partial charge in [0.2, 0.25) is 5.91 Å². The molecule has 0 aromatic heterocycles. The third-order valence-corrected chi connectivity index (χ3v) is 3.62. The first-order chi connectivity index (χ1) is 12.0. The molecule has 0 saturated heterocycles. The zero-order valence-electron chi connectivity index (χ0n) is 13.0. The molecule has 0 aliphatic carbocycles. The van der Waals surface area contributed by atoms with Crippen LogP contribution in [-0.4, -0.2) is 16.9 Å². The molecule has 2 aromatic carbocycles. The van der Waals surface area contributed by atoms with Crippen molar-refractivity contribution in [2.24, 2.45) is 5.73 Å². The average Bonchev–Trinajstić information content (AvgIpc) is 2.60. The number of rotatable bonds is 7. The lowest BCUT2D eigenvalue weighted by molar-refractivity contribution is 0.0993. The van der Waals surface area contributed by atoms with E-state index in [-0.39, 0.29) is 12.2 Å². The molecule has 0 aliphatic rings. The van der Waals surface area contributed by atoms with Gasteiger partial charge in [0, 0.05) is 11.1 Å². The fraction of sp³-hybridized carbons (Fsp3) is 0.125. The normalized spacial score (nSPS) is 12.8. The van der Waals surface area contributed by atoms with E-state index in [1.807, 2.05) is 6.07 Å². The van der Waals surface area contributed by atoms with Crippen molar-refractivity contribution in [3.8, 4) is 0 Å². The van der Waals surface area contributed by atoms with Crippen LogP contribution in [0.25, 0.3) is 0 Å². The van der Waals surface area contributed by atoms with Crippen LogP contribution in [-0.2, 0) is 20.4 Å². The van der Waals surface area contributed by atoms with Crippen LogP contribution in [0.3, 0.4) is 0 Å². The summed E-state index contributed by atoms with van der Waals surface area (Å²) in [5.74, 6) is -0.616. The maximum absolute atomic E-state index is 11.9. The third-order valence-electron chi connectivity index (χ3n) is 3.18. The molecule has 0 spiro atoms. The number of amides is 2. The largest absolute Gasteiger partial charge is 0.445 e. The van der Waals surface area contributed by atoms with E-state index in [0.717, 1.165) is 5.56 Å². The topological polar surface area (TPSA) is 128 Å². The number of benzene rings is 2. The van der Waals surface area contributed by atoms with Gasteiger partial charge in [0.1, 0.15) is 6.61 Å². The van der Waals surface area contributed by atoms with E-state index in [1.54, 1.807) is 24.3 Å². The van der Waals surface area contributed by atoms with Gasteiger partial charge >= 0.3 is 14.3 Å². The first kappa shape index (κ1) is 18.7. The van der Waals surface area contributed by atoms with Crippen LogP contribution in [0.5, 0.6) is 0 Å². The van der Waals surface area contributed by atoms with Gasteiger partial charge in [0.05, 0.1) is 0 Å². The molecule has 0 aliphatic heterocycles. The van der Waals surface area contributed by atoms with Crippen LogP contribution in [0.1, 0.15) is 27.7 Å². The molecule has 0 heterocycles. The second kappa shape index (κ2) is 8.98. The molecular formula is C16H17N2O6P. The lowest BCUT2D eigenvalue weighted by Crippen LogP contribution is -2.29. The fourth-order valence-corrected chi connectivity index (χ4v) is 2.37. The summed E-state index contributed by atoms with van der Waals surface area (Å²) in [4.78, 5) is 32.0. The molecule has 0 saturated carbocycles. The van der Waals surface area contributed by atoms with E-state index in [2.05, 4.69) is 5.32 Å². The Bertz CT molecular complexity index is 751. The van der Waals surface area contributed by atoms with Gasteiger partial charge in [-0.2, -0.15) is 0 Å². The van der Waals surface area contributed by atoms with Gasteiger partial charge < -0.3 is 15.4 Å². The third kappa shape index (κ3) is 6.04. The van der Waals surface area contributed by atoms with Gasteiger partial charge in [-0.15, -0.1) is 0 Å². The second-order valence-electron chi connectivity index (χ2n) is 4.96.